The molecule has 3 N–H and O–H groups in total. The predicted octanol–water partition coefficient (Wildman–Crippen LogP) is -1.18. The zero-order valence-corrected chi connectivity index (χ0v) is 13.3. The standard InChI is InChI=1S/C13H21BF3NO2.ClH/c1-11(2)7-4-8(11)12(3)9(5-7)19-14(20-12)10(18)6-13(15,16)17;/h7-10H,4-6,18H2,1-3H3;1H/t7-,8-,9?,10?,12-;/m0./s1. The maximum absolute atomic E-state index is 12.5. The maximum atomic E-state index is 12.5. The van der Waals surface area contributed by atoms with Crippen LogP contribution >= 0.6 is 0 Å². The highest BCUT2D eigenvalue weighted by Crippen LogP contribution is 2.65. The molecule has 4 aliphatic rings. The summed E-state index contributed by atoms with van der Waals surface area (Å²) in [5.41, 5.74) is 3.34. The van der Waals surface area contributed by atoms with Crippen molar-refractivity contribution in [3.63, 3.8) is 0 Å². The SMILES string of the molecule is CC1(C)[C@@H]2CC3OB(C([NH3+])CC(F)(F)F)O[C@@]3(C)[C@H]1C2.[Cl-]. The Labute approximate surface area is 129 Å². The first kappa shape index (κ1) is 17.4. The molecule has 1 heterocycles. The van der Waals surface area contributed by atoms with Crippen molar-refractivity contribution in [3.8, 4) is 0 Å². The van der Waals surface area contributed by atoms with Crippen LogP contribution in [0.4, 0.5) is 13.2 Å². The van der Waals surface area contributed by atoms with Gasteiger partial charge in [0.25, 0.3) is 0 Å². The zero-order chi connectivity index (χ0) is 14.9. The summed E-state index contributed by atoms with van der Waals surface area (Å²) >= 11 is 0. The van der Waals surface area contributed by atoms with E-state index in [9.17, 15) is 13.2 Å². The van der Waals surface area contributed by atoms with Crippen molar-refractivity contribution >= 4 is 7.12 Å². The van der Waals surface area contributed by atoms with E-state index >= 15 is 0 Å². The van der Waals surface area contributed by atoms with Gasteiger partial charge in [0.1, 0.15) is 5.94 Å². The highest BCUT2D eigenvalue weighted by molar-refractivity contribution is 6.46. The molecule has 0 radical (unpaired) electrons. The fourth-order valence-corrected chi connectivity index (χ4v) is 4.49. The molecule has 3 nitrogen and oxygen atoms in total. The molecule has 1 aliphatic heterocycles. The molecule has 0 spiro atoms. The molecule has 2 unspecified atom stereocenters. The van der Waals surface area contributed by atoms with Gasteiger partial charge in [0.2, 0.25) is 0 Å². The Hall–Kier alpha value is 0.0249. The average Bonchev–Trinajstić information content (AvgIpc) is 2.63. The van der Waals surface area contributed by atoms with Crippen molar-refractivity contribution in [1.29, 1.82) is 0 Å². The van der Waals surface area contributed by atoms with Crippen LogP contribution < -0.4 is 18.1 Å². The fourth-order valence-electron chi connectivity index (χ4n) is 4.49. The molecule has 4 fully saturated rings. The summed E-state index contributed by atoms with van der Waals surface area (Å²) in [7, 11) is -0.832. The van der Waals surface area contributed by atoms with E-state index in [0.29, 0.717) is 11.8 Å². The molecule has 4 rings (SSSR count). The summed E-state index contributed by atoms with van der Waals surface area (Å²) in [6, 6.07) is 0. The van der Waals surface area contributed by atoms with Gasteiger partial charge in [-0.25, -0.2) is 0 Å². The van der Waals surface area contributed by atoms with Crippen LogP contribution in [0.5, 0.6) is 0 Å². The fraction of sp³-hybridized carbons (Fsp3) is 1.00. The third-order valence-electron chi connectivity index (χ3n) is 5.85. The minimum absolute atomic E-state index is 0. The minimum atomic E-state index is -4.23. The van der Waals surface area contributed by atoms with E-state index in [2.05, 4.69) is 19.6 Å². The Kier molecular flexibility index (Phi) is 4.15. The van der Waals surface area contributed by atoms with Gasteiger partial charge in [-0.15, -0.1) is 0 Å². The van der Waals surface area contributed by atoms with E-state index in [1.54, 1.807) is 0 Å². The quantitative estimate of drug-likeness (QED) is 0.649. The molecule has 3 saturated carbocycles. The zero-order valence-electron chi connectivity index (χ0n) is 12.5. The summed E-state index contributed by atoms with van der Waals surface area (Å²) in [5.74, 6) is 0.0541. The average molecular weight is 328 g/mol. The molecule has 2 bridgehead atoms. The summed E-state index contributed by atoms with van der Waals surface area (Å²) in [6.45, 7) is 6.45. The van der Waals surface area contributed by atoms with Gasteiger partial charge < -0.3 is 27.4 Å². The summed E-state index contributed by atoms with van der Waals surface area (Å²) in [4.78, 5) is 0. The normalized spacial score (nSPS) is 41.9. The Morgan fingerprint density at radius 3 is 2.43 bits per heavy atom. The molecule has 0 aromatic rings. The molecule has 21 heavy (non-hydrogen) atoms. The van der Waals surface area contributed by atoms with Gasteiger partial charge in [-0.05, 0) is 37.0 Å². The summed E-state index contributed by atoms with van der Waals surface area (Å²) in [6.07, 6.45) is -3.29. The van der Waals surface area contributed by atoms with Crippen molar-refractivity contribution in [2.24, 2.45) is 17.3 Å². The van der Waals surface area contributed by atoms with Crippen LogP contribution in [0, 0.1) is 17.3 Å². The molecule has 0 amide bonds. The van der Waals surface area contributed by atoms with Gasteiger partial charge in [-0.1, -0.05) is 13.8 Å². The van der Waals surface area contributed by atoms with Crippen molar-refractivity contribution in [3.05, 3.63) is 0 Å². The number of quaternary nitrogens is 1. The second-order valence-electron chi connectivity index (χ2n) is 7.42. The van der Waals surface area contributed by atoms with Crippen molar-refractivity contribution < 1.29 is 40.6 Å². The van der Waals surface area contributed by atoms with Crippen LogP contribution in [0.25, 0.3) is 0 Å². The van der Waals surface area contributed by atoms with Gasteiger partial charge in [0, 0.05) is 0 Å². The lowest BCUT2D eigenvalue weighted by molar-refractivity contribution is -0.410. The highest BCUT2D eigenvalue weighted by atomic mass is 35.5. The lowest BCUT2D eigenvalue weighted by Crippen LogP contribution is -3.00. The molecule has 122 valence electrons. The van der Waals surface area contributed by atoms with Crippen LogP contribution in [0.2, 0.25) is 0 Å². The smallest absolute Gasteiger partial charge is 0.521 e. The van der Waals surface area contributed by atoms with E-state index in [1.807, 2.05) is 6.92 Å². The van der Waals surface area contributed by atoms with Gasteiger partial charge in [-0.2, -0.15) is 13.2 Å². The van der Waals surface area contributed by atoms with Crippen molar-refractivity contribution in [2.45, 2.75) is 63.9 Å². The molecule has 1 saturated heterocycles. The number of rotatable bonds is 2. The first-order valence-electron chi connectivity index (χ1n) is 7.27. The number of alkyl halides is 3. The van der Waals surface area contributed by atoms with E-state index in [0.717, 1.165) is 12.8 Å². The van der Waals surface area contributed by atoms with Crippen LogP contribution in [-0.2, 0) is 9.31 Å². The van der Waals surface area contributed by atoms with Crippen LogP contribution in [0.15, 0.2) is 0 Å². The van der Waals surface area contributed by atoms with E-state index in [4.69, 9.17) is 9.31 Å². The molecule has 0 aromatic carbocycles. The first-order valence-corrected chi connectivity index (χ1v) is 7.27. The predicted molar refractivity (Wildman–Crippen MR) is 67.5 cm³/mol. The second-order valence-corrected chi connectivity index (χ2v) is 7.42. The number of halogens is 4. The van der Waals surface area contributed by atoms with Crippen LogP contribution in [-0.4, -0.2) is 30.9 Å². The minimum Gasteiger partial charge on any atom is -1.00 e. The lowest BCUT2D eigenvalue weighted by Gasteiger charge is -2.64. The van der Waals surface area contributed by atoms with Gasteiger partial charge in [0.05, 0.1) is 18.1 Å². The molecular weight excluding hydrogens is 305 g/mol. The Balaban J connectivity index is 0.00000161. The van der Waals surface area contributed by atoms with Crippen molar-refractivity contribution in [2.75, 3.05) is 0 Å². The first-order chi connectivity index (χ1) is 9.04. The van der Waals surface area contributed by atoms with E-state index in [-0.39, 0.29) is 23.9 Å². The largest absolute Gasteiger partial charge is 1.00 e. The second kappa shape index (κ2) is 5.01. The van der Waals surface area contributed by atoms with Crippen LogP contribution in [0.1, 0.15) is 40.0 Å². The lowest BCUT2D eigenvalue weighted by atomic mass is 9.43. The third kappa shape index (κ3) is 2.60. The molecule has 0 aromatic heterocycles. The topological polar surface area (TPSA) is 46.1 Å². The van der Waals surface area contributed by atoms with Gasteiger partial charge in [-0.3, -0.25) is 0 Å². The molecule has 8 heteroatoms. The Morgan fingerprint density at radius 1 is 1.29 bits per heavy atom. The summed E-state index contributed by atoms with van der Waals surface area (Å²) < 4.78 is 49.2. The van der Waals surface area contributed by atoms with Gasteiger partial charge in [0.15, 0.2) is 0 Å². The highest BCUT2D eigenvalue weighted by Gasteiger charge is 2.69. The van der Waals surface area contributed by atoms with E-state index < -0.39 is 31.3 Å². The van der Waals surface area contributed by atoms with Crippen molar-refractivity contribution in [1.82, 2.24) is 0 Å². The molecule has 3 aliphatic carbocycles. The summed E-state index contributed by atoms with van der Waals surface area (Å²) in [5, 5.41) is 0. The number of hydrogen-bond donors (Lipinski definition) is 1. The number of hydrogen-bond acceptors (Lipinski definition) is 2. The maximum Gasteiger partial charge on any atom is 0.521 e. The van der Waals surface area contributed by atoms with Crippen LogP contribution in [0.3, 0.4) is 0 Å². The van der Waals surface area contributed by atoms with E-state index in [1.165, 1.54) is 0 Å². The van der Waals surface area contributed by atoms with Gasteiger partial charge >= 0.3 is 13.3 Å². The molecular formula is C13H22BClF3NO2. The Morgan fingerprint density at radius 2 is 1.90 bits per heavy atom. The Bertz CT molecular complexity index is 423. The monoisotopic (exact) mass is 327 g/mol. The molecule has 5 atom stereocenters. The third-order valence-corrected chi connectivity index (χ3v) is 5.85.